The van der Waals surface area contributed by atoms with Gasteiger partial charge < -0.3 is 5.11 Å². The Hall–Kier alpha value is -2.22. The Morgan fingerprint density at radius 3 is 2.07 bits per heavy atom. The standard InChI is InChI=1S/C21H26N2O4S/c1-15-5-8-18(9-6-15)20(21(24)25)22-10-12-23(13-11-22)28(26,27)19-14-16(2)4-7-17(19)3/h4-9,14,20H,10-13H2,1-3H3,(H,24,25)/t20-/m1/s1. The van der Waals surface area contributed by atoms with Crippen LogP contribution in [0.5, 0.6) is 0 Å². The van der Waals surface area contributed by atoms with Crippen molar-refractivity contribution in [2.45, 2.75) is 31.7 Å². The molecule has 0 spiro atoms. The second kappa shape index (κ2) is 8.03. The Morgan fingerprint density at radius 2 is 1.50 bits per heavy atom. The quantitative estimate of drug-likeness (QED) is 0.832. The van der Waals surface area contributed by atoms with Crippen molar-refractivity contribution >= 4 is 16.0 Å². The summed E-state index contributed by atoms with van der Waals surface area (Å²) in [6.07, 6.45) is 0. The molecule has 2 aromatic carbocycles. The summed E-state index contributed by atoms with van der Waals surface area (Å²) in [5.74, 6) is -0.922. The highest BCUT2D eigenvalue weighted by molar-refractivity contribution is 7.89. The van der Waals surface area contributed by atoms with Gasteiger partial charge in [-0.1, -0.05) is 42.0 Å². The average Bonchev–Trinajstić information content (AvgIpc) is 2.65. The molecule has 0 radical (unpaired) electrons. The van der Waals surface area contributed by atoms with Crippen molar-refractivity contribution in [2.24, 2.45) is 0 Å². The molecule has 1 heterocycles. The molecule has 3 rings (SSSR count). The Kier molecular flexibility index (Phi) is 5.88. The van der Waals surface area contributed by atoms with Gasteiger partial charge in [0.05, 0.1) is 4.90 Å². The van der Waals surface area contributed by atoms with E-state index in [1.54, 1.807) is 13.0 Å². The minimum atomic E-state index is -3.60. The van der Waals surface area contributed by atoms with Crippen LogP contribution in [0.15, 0.2) is 47.4 Å². The minimum absolute atomic E-state index is 0.269. The Labute approximate surface area is 166 Å². The lowest BCUT2D eigenvalue weighted by Gasteiger charge is -2.37. The second-order valence-corrected chi connectivity index (χ2v) is 9.27. The average molecular weight is 403 g/mol. The number of aryl methyl sites for hydroxylation is 3. The highest BCUT2D eigenvalue weighted by Crippen LogP contribution is 2.26. The summed E-state index contributed by atoms with van der Waals surface area (Å²) in [4.78, 5) is 14.1. The summed E-state index contributed by atoms with van der Waals surface area (Å²) in [6, 6.07) is 12.1. The van der Waals surface area contributed by atoms with E-state index in [1.165, 1.54) is 4.31 Å². The van der Waals surface area contributed by atoms with Gasteiger partial charge in [0.15, 0.2) is 0 Å². The third kappa shape index (κ3) is 4.11. The molecule has 1 aliphatic rings. The molecule has 1 saturated heterocycles. The molecule has 0 aromatic heterocycles. The topological polar surface area (TPSA) is 77.9 Å². The van der Waals surface area contributed by atoms with E-state index in [9.17, 15) is 18.3 Å². The van der Waals surface area contributed by atoms with Gasteiger partial charge in [0.1, 0.15) is 6.04 Å². The van der Waals surface area contributed by atoms with Crippen LogP contribution < -0.4 is 0 Å². The molecule has 0 unspecified atom stereocenters. The van der Waals surface area contributed by atoms with E-state index < -0.39 is 22.0 Å². The first-order valence-corrected chi connectivity index (χ1v) is 10.7. The largest absolute Gasteiger partial charge is 0.480 e. The molecule has 7 heteroatoms. The Balaban J connectivity index is 1.78. The van der Waals surface area contributed by atoms with Gasteiger partial charge in [-0.3, -0.25) is 9.69 Å². The molecule has 1 fully saturated rings. The number of aliphatic carboxylic acids is 1. The van der Waals surface area contributed by atoms with Crippen LogP contribution in [0.1, 0.15) is 28.3 Å². The van der Waals surface area contributed by atoms with Crippen LogP contribution in [0.3, 0.4) is 0 Å². The van der Waals surface area contributed by atoms with Crippen molar-refractivity contribution in [1.29, 1.82) is 0 Å². The maximum Gasteiger partial charge on any atom is 0.325 e. The molecular weight excluding hydrogens is 376 g/mol. The van der Waals surface area contributed by atoms with Gasteiger partial charge >= 0.3 is 5.97 Å². The molecule has 150 valence electrons. The van der Waals surface area contributed by atoms with Gasteiger partial charge in [-0.2, -0.15) is 4.31 Å². The van der Waals surface area contributed by atoms with Crippen molar-refractivity contribution in [1.82, 2.24) is 9.21 Å². The van der Waals surface area contributed by atoms with Gasteiger partial charge in [0.25, 0.3) is 0 Å². The summed E-state index contributed by atoms with van der Waals surface area (Å²) in [7, 11) is -3.60. The summed E-state index contributed by atoms with van der Waals surface area (Å²) < 4.78 is 27.6. The van der Waals surface area contributed by atoms with Gasteiger partial charge in [0.2, 0.25) is 10.0 Å². The van der Waals surface area contributed by atoms with E-state index in [1.807, 2.05) is 55.1 Å². The third-order valence-corrected chi connectivity index (χ3v) is 7.27. The van der Waals surface area contributed by atoms with Crippen molar-refractivity contribution in [2.75, 3.05) is 26.2 Å². The number of nitrogens with zero attached hydrogens (tertiary/aromatic N) is 2. The van der Waals surface area contributed by atoms with Crippen molar-refractivity contribution in [3.05, 3.63) is 64.7 Å². The lowest BCUT2D eigenvalue weighted by molar-refractivity contribution is -0.144. The van der Waals surface area contributed by atoms with E-state index in [2.05, 4.69) is 0 Å². The van der Waals surface area contributed by atoms with Crippen molar-refractivity contribution in [3.63, 3.8) is 0 Å². The first kappa shape index (κ1) is 20.5. The lowest BCUT2D eigenvalue weighted by atomic mass is 10.0. The molecule has 1 aliphatic heterocycles. The highest BCUT2D eigenvalue weighted by Gasteiger charge is 2.34. The fourth-order valence-corrected chi connectivity index (χ4v) is 5.32. The van der Waals surface area contributed by atoms with Crippen molar-refractivity contribution < 1.29 is 18.3 Å². The van der Waals surface area contributed by atoms with E-state index in [-0.39, 0.29) is 13.1 Å². The van der Waals surface area contributed by atoms with Crippen LogP contribution in [-0.2, 0) is 14.8 Å². The maximum atomic E-state index is 13.1. The monoisotopic (exact) mass is 402 g/mol. The Morgan fingerprint density at radius 1 is 0.929 bits per heavy atom. The minimum Gasteiger partial charge on any atom is -0.480 e. The summed E-state index contributed by atoms with van der Waals surface area (Å²) in [5, 5.41) is 9.75. The van der Waals surface area contributed by atoms with Crippen LogP contribution in [0.4, 0.5) is 0 Å². The summed E-state index contributed by atoms with van der Waals surface area (Å²) >= 11 is 0. The van der Waals surface area contributed by atoms with E-state index in [4.69, 9.17) is 0 Å². The molecule has 2 aromatic rings. The number of piperazine rings is 1. The molecule has 1 atom stereocenters. The third-order valence-electron chi connectivity index (χ3n) is 5.23. The van der Waals surface area contributed by atoms with Gasteiger partial charge in [-0.05, 0) is 43.5 Å². The number of carbonyl (C=O) groups is 1. The number of benzene rings is 2. The maximum absolute atomic E-state index is 13.1. The van der Waals surface area contributed by atoms with Crippen LogP contribution >= 0.6 is 0 Å². The molecule has 0 saturated carbocycles. The zero-order valence-electron chi connectivity index (χ0n) is 16.4. The van der Waals surface area contributed by atoms with E-state index in [0.29, 0.717) is 23.5 Å². The number of sulfonamides is 1. The van der Waals surface area contributed by atoms with Crippen LogP contribution in [0, 0.1) is 20.8 Å². The normalized spacial score (nSPS) is 17.4. The van der Waals surface area contributed by atoms with Gasteiger partial charge in [0, 0.05) is 26.2 Å². The first-order chi connectivity index (χ1) is 13.2. The lowest BCUT2D eigenvalue weighted by Crippen LogP contribution is -2.51. The van der Waals surface area contributed by atoms with Gasteiger partial charge in [-0.15, -0.1) is 0 Å². The zero-order chi connectivity index (χ0) is 20.5. The molecular formula is C21H26N2O4S. The molecule has 0 bridgehead atoms. The predicted octanol–water partition coefficient (Wildman–Crippen LogP) is 2.74. The fourth-order valence-electron chi connectivity index (χ4n) is 3.58. The Bertz CT molecular complexity index is 962. The molecule has 28 heavy (non-hydrogen) atoms. The van der Waals surface area contributed by atoms with E-state index in [0.717, 1.165) is 16.7 Å². The first-order valence-electron chi connectivity index (χ1n) is 9.31. The van der Waals surface area contributed by atoms with E-state index >= 15 is 0 Å². The van der Waals surface area contributed by atoms with Crippen LogP contribution in [0.2, 0.25) is 0 Å². The summed E-state index contributed by atoms with van der Waals surface area (Å²) in [6.45, 7) is 6.90. The fraction of sp³-hybridized carbons (Fsp3) is 0.381. The van der Waals surface area contributed by atoms with Gasteiger partial charge in [-0.25, -0.2) is 8.42 Å². The number of rotatable bonds is 5. The molecule has 0 amide bonds. The smallest absolute Gasteiger partial charge is 0.325 e. The number of carboxylic acids is 1. The van der Waals surface area contributed by atoms with Crippen molar-refractivity contribution in [3.8, 4) is 0 Å². The molecule has 6 nitrogen and oxygen atoms in total. The number of hydrogen-bond donors (Lipinski definition) is 1. The molecule has 1 N–H and O–H groups in total. The van der Waals surface area contributed by atoms with Crippen LogP contribution in [-0.4, -0.2) is 54.9 Å². The number of hydrogen-bond acceptors (Lipinski definition) is 4. The molecule has 0 aliphatic carbocycles. The SMILES string of the molecule is Cc1ccc([C@H](C(=O)O)N2CCN(S(=O)(=O)c3cc(C)ccc3C)CC2)cc1. The second-order valence-electron chi connectivity index (χ2n) is 7.36. The summed E-state index contributed by atoms with van der Waals surface area (Å²) in [5.41, 5.74) is 3.39. The predicted molar refractivity (Wildman–Crippen MR) is 108 cm³/mol. The van der Waals surface area contributed by atoms with Crippen LogP contribution in [0.25, 0.3) is 0 Å². The number of carboxylic acid groups (broad SMARTS) is 1. The zero-order valence-corrected chi connectivity index (χ0v) is 17.2. The highest BCUT2D eigenvalue weighted by atomic mass is 32.2.